The molecule has 40 heavy (non-hydrogen) atoms. The van der Waals surface area contributed by atoms with Crippen molar-refractivity contribution >= 4 is 0 Å². The fourth-order valence-electron chi connectivity index (χ4n) is 4.86. The van der Waals surface area contributed by atoms with E-state index in [-0.39, 0.29) is 5.41 Å². The van der Waals surface area contributed by atoms with Crippen molar-refractivity contribution in [3.8, 4) is 56.2 Å². The Labute approximate surface area is 236 Å². The second kappa shape index (κ2) is 10.7. The molecule has 1 aromatic heterocycles. The lowest BCUT2D eigenvalue weighted by molar-refractivity contribution is 0.543. The molecule has 0 saturated heterocycles. The summed E-state index contributed by atoms with van der Waals surface area (Å²) < 4.78 is 0. The molecule has 0 atom stereocenters. The molecular weight excluding hydrogens is 486 g/mol. The maximum Gasteiger partial charge on any atom is 0.164 e. The maximum atomic E-state index is 5.12. The summed E-state index contributed by atoms with van der Waals surface area (Å²) in [4.78, 5) is 15.2. The van der Waals surface area contributed by atoms with Gasteiger partial charge >= 0.3 is 0 Å². The normalized spacial score (nSPS) is 11.4. The molecular formula is C37H31N3. The zero-order valence-corrected chi connectivity index (χ0v) is 23.0. The minimum absolute atomic E-state index is 0.257. The number of rotatable bonds is 5. The fourth-order valence-corrected chi connectivity index (χ4v) is 4.86. The first-order chi connectivity index (χ1) is 19.5. The zero-order valence-electron chi connectivity index (χ0n) is 23.0. The van der Waals surface area contributed by atoms with Gasteiger partial charge in [0.2, 0.25) is 0 Å². The number of benzene rings is 5. The Bertz CT molecular complexity index is 1700. The van der Waals surface area contributed by atoms with Gasteiger partial charge in [0.05, 0.1) is 0 Å². The first-order valence-corrected chi connectivity index (χ1v) is 13.6. The predicted molar refractivity (Wildman–Crippen MR) is 166 cm³/mol. The largest absolute Gasteiger partial charge is 0.212 e. The molecule has 0 fully saturated rings. The summed E-state index contributed by atoms with van der Waals surface area (Å²) in [5.74, 6) is 2.12. The summed E-state index contributed by atoms with van der Waals surface area (Å²) in [6.07, 6.45) is 0. The van der Waals surface area contributed by atoms with Crippen molar-refractivity contribution in [2.45, 2.75) is 26.2 Å². The van der Waals surface area contributed by atoms with Crippen molar-refractivity contribution < 1.29 is 0 Å². The molecule has 0 saturated carbocycles. The molecule has 5 aromatic carbocycles. The van der Waals surface area contributed by atoms with Crippen molar-refractivity contribution in [2.75, 3.05) is 0 Å². The molecule has 3 nitrogen and oxygen atoms in total. The molecule has 6 rings (SSSR count). The molecule has 0 radical (unpaired) electrons. The first kappa shape index (κ1) is 25.4. The number of hydrogen-bond acceptors (Lipinski definition) is 3. The van der Waals surface area contributed by atoms with Crippen molar-refractivity contribution in [1.29, 1.82) is 0 Å². The summed E-state index contributed by atoms with van der Waals surface area (Å²) in [6.45, 7) is 6.44. The summed E-state index contributed by atoms with van der Waals surface area (Å²) >= 11 is 0. The minimum atomic E-state index is -0.257. The minimum Gasteiger partial charge on any atom is -0.212 e. The molecule has 1 heterocycles. The predicted octanol–water partition coefficient (Wildman–Crippen LogP) is 9.50. The van der Waals surface area contributed by atoms with Gasteiger partial charge in [0.1, 0.15) is 5.82 Å². The quantitative estimate of drug-likeness (QED) is 0.229. The monoisotopic (exact) mass is 517 g/mol. The molecule has 0 aliphatic carbocycles. The molecule has 0 bridgehead atoms. The Balaban J connectivity index is 1.58. The van der Waals surface area contributed by atoms with E-state index in [1.54, 1.807) is 0 Å². The lowest BCUT2D eigenvalue weighted by Crippen LogP contribution is -2.18. The van der Waals surface area contributed by atoms with Gasteiger partial charge in [0.25, 0.3) is 0 Å². The van der Waals surface area contributed by atoms with Crippen LogP contribution in [0.3, 0.4) is 0 Å². The highest BCUT2D eigenvalue weighted by atomic mass is 15.0. The van der Waals surface area contributed by atoms with Crippen LogP contribution in [0.15, 0.2) is 133 Å². The topological polar surface area (TPSA) is 38.7 Å². The van der Waals surface area contributed by atoms with E-state index >= 15 is 0 Å². The molecule has 0 amide bonds. The first-order valence-electron chi connectivity index (χ1n) is 13.6. The van der Waals surface area contributed by atoms with E-state index in [1.165, 1.54) is 0 Å². The van der Waals surface area contributed by atoms with Gasteiger partial charge < -0.3 is 0 Å². The molecule has 0 aliphatic rings. The van der Waals surface area contributed by atoms with E-state index in [1.807, 2.05) is 24.3 Å². The zero-order chi connectivity index (χ0) is 27.5. The van der Waals surface area contributed by atoms with Crippen LogP contribution in [0.4, 0.5) is 0 Å². The average molecular weight is 518 g/mol. The van der Waals surface area contributed by atoms with Crippen LogP contribution in [-0.4, -0.2) is 15.0 Å². The molecule has 194 valence electrons. The molecule has 6 aromatic rings. The number of nitrogens with zero attached hydrogens (tertiary/aromatic N) is 3. The lowest BCUT2D eigenvalue weighted by atomic mass is 9.94. The molecule has 0 aliphatic heterocycles. The van der Waals surface area contributed by atoms with Crippen molar-refractivity contribution in [3.63, 3.8) is 0 Å². The second-order valence-electron chi connectivity index (χ2n) is 11.0. The van der Waals surface area contributed by atoms with Crippen LogP contribution in [-0.2, 0) is 5.41 Å². The highest BCUT2D eigenvalue weighted by Crippen LogP contribution is 2.35. The SMILES string of the molecule is CC(C)(C)c1nc(-c2cc(-c3ccccc3)cc(-c3ccccc3)c2)nc(-c2ccccc2-c2ccccc2)n1. The fraction of sp³-hybridized carbons (Fsp3) is 0.108. The van der Waals surface area contributed by atoms with E-state index in [2.05, 4.69) is 130 Å². The Morgan fingerprint density at radius 2 is 0.800 bits per heavy atom. The average Bonchev–Trinajstić information content (AvgIpc) is 3.01. The van der Waals surface area contributed by atoms with Gasteiger partial charge in [-0.05, 0) is 51.6 Å². The van der Waals surface area contributed by atoms with E-state index in [0.29, 0.717) is 11.6 Å². The van der Waals surface area contributed by atoms with Crippen LogP contribution >= 0.6 is 0 Å². The maximum absolute atomic E-state index is 5.12. The lowest BCUT2D eigenvalue weighted by Gasteiger charge is -2.19. The number of aromatic nitrogens is 3. The third-order valence-electron chi connectivity index (χ3n) is 6.96. The highest BCUT2D eigenvalue weighted by molar-refractivity contribution is 5.82. The number of hydrogen-bond donors (Lipinski definition) is 0. The van der Waals surface area contributed by atoms with Gasteiger partial charge in [-0.1, -0.05) is 136 Å². The summed E-state index contributed by atoms with van der Waals surface area (Å²) in [6, 6.07) is 46.3. The van der Waals surface area contributed by atoms with Crippen LogP contribution in [0.5, 0.6) is 0 Å². The van der Waals surface area contributed by atoms with Gasteiger partial charge in [0.15, 0.2) is 11.6 Å². The van der Waals surface area contributed by atoms with Gasteiger partial charge in [-0.2, -0.15) is 0 Å². The van der Waals surface area contributed by atoms with E-state index in [4.69, 9.17) is 15.0 Å². The Kier molecular flexibility index (Phi) is 6.79. The summed E-state index contributed by atoms with van der Waals surface area (Å²) in [7, 11) is 0. The van der Waals surface area contributed by atoms with Crippen LogP contribution < -0.4 is 0 Å². The van der Waals surface area contributed by atoms with Crippen LogP contribution in [0.2, 0.25) is 0 Å². The molecule has 0 spiro atoms. The summed E-state index contributed by atoms with van der Waals surface area (Å²) in [5, 5.41) is 0. The molecule has 0 unspecified atom stereocenters. The highest BCUT2D eigenvalue weighted by Gasteiger charge is 2.22. The third-order valence-corrected chi connectivity index (χ3v) is 6.96. The molecule has 3 heteroatoms. The Morgan fingerprint density at radius 1 is 0.375 bits per heavy atom. The van der Waals surface area contributed by atoms with E-state index < -0.39 is 0 Å². The second-order valence-corrected chi connectivity index (χ2v) is 11.0. The Hall–Kier alpha value is -4.89. The van der Waals surface area contributed by atoms with E-state index in [0.717, 1.165) is 50.3 Å². The van der Waals surface area contributed by atoms with Crippen LogP contribution in [0.25, 0.3) is 56.2 Å². The van der Waals surface area contributed by atoms with Crippen LogP contribution in [0, 0.1) is 0 Å². The van der Waals surface area contributed by atoms with Crippen molar-refractivity contribution in [3.05, 3.63) is 139 Å². The Morgan fingerprint density at radius 3 is 1.32 bits per heavy atom. The standard InChI is InChI=1S/C37H31N3/c1-37(2,3)36-39-34(38-35(40-36)33-22-14-13-21-32(33)28-19-11-6-12-20-28)31-24-29(26-15-7-4-8-16-26)23-30(25-31)27-17-9-5-10-18-27/h4-25H,1-3H3. The smallest absolute Gasteiger partial charge is 0.164 e. The molecule has 0 N–H and O–H groups in total. The van der Waals surface area contributed by atoms with Crippen molar-refractivity contribution in [2.24, 2.45) is 0 Å². The van der Waals surface area contributed by atoms with Gasteiger partial charge in [-0.25, -0.2) is 15.0 Å². The van der Waals surface area contributed by atoms with Gasteiger partial charge in [0, 0.05) is 16.5 Å². The van der Waals surface area contributed by atoms with E-state index in [9.17, 15) is 0 Å². The van der Waals surface area contributed by atoms with Gasteiger partial charge in [-0.15, -0.1) is 0 Å². The third kappa shape index (κ3) is 5.32. The van der Waals surface area contributed by atoms with Gasteiger partial charge in [-0.3, -0.25) is 0 Å². The summed E-state index contributed by atoms with van der Waals surface area (Å²) in [5.41, 5.74) is 8.49. The van der Waals surface area contributed by atoms with Crippen LogP contribution in [0.1, 0.15) is 26.6 Å². The van der Waals surface area contributed by atoms with Crippen molar-refractivity contribution in [1.82, 2.24) is 15.0 Å².